The van der Waals surface area contributed by atoms with Gasteiger partial charge in [-0.1, -0.05) is 17.7 Å². The normalized spacial score (nSPS) is 10.3. The number of nitrogens with one attached hydrogen (secondary N) is 1. The lowest BCUT2D eigenvalue weighted by atomic mass is 10.3. The lowest BCUT2D eigenvalue weighted by Gasteiger charge is -2.06. The Morgan fingerprint density at radius 1 is 1.27 bits per heavy atom. The number of halogens is 1. The van der Waals surface area contributed by atoms with Crippen molar-refractivity contribution in [3.05, 3.63) is 53.2 Å². The molecule has 4 nitrogen and oxygen atoms in total. The van der Waals surface area contributed by atoms with Gasteiger partial charge < -0.3 is 10.1 Å². The lowest BCUT2D eigenvalue weighted by Crippen LogP contribution is -2.23. The van der Waals surface area contributed by atoms with Gasteiger partial charge in [-0.15, -0.1) is 11.8 Å². The van der Waals surface area contributed by atoms with Crippen LogP contribution in [0.15, 0.2) is 47.5 Å². The molecule has 2 rings (SSSR count). The Bertz CT molecular complexity index is 603. The van der Waals surface area contributed by atoms with Crippen molar-refractivity contribution in [3.8, 4) is 5.88 Å². The van der Waals surface area contributed by atoms with E-state index >= 15 is 0 Å². The molecule has 1 amide bonds. The Kier molecular flexibility index (Phi) is 6.55. The van der Waals surface area contributed by atoms with Gasteiger partial charge in [-0.2, -0.15) is 0 Å². The van der Waals surface area contributed by atoms with Crippen molar-refractivity contribution in [2.45, 2.75) is 17.9 Å². The van der Waals surface area contributed by atoms with Gasteiger partial charge in [0.05, 0.1) is 7.11 Å². The summed E-state index contributed by atoms with van der Waals surface area (Å²) in [5.74, 6) is 1.32. The maximum Gasteiger partial charge on any atom is 0.221 e. The van der Waals surface area contributed by atoms with Crippen LogP contribution in [-0.4, -0.2) is 23.8 Å². The zero-order chi connectivity index (χ0) is 15.8. The molecule has 0 atom stereocenters. The average Bonchev–Trinajstić information content (AvgIpc) is 2.55. The third-order valence-corrected chi connectivity index (χ3v) is 4.17. The summed E-state index contributed by atoms with van der Waals surface area (Å²) in [5.41, 5.74) is 0.944. The van der Waals surface area contributed by atoms with Gasteiger partial charge >= 0.3 is 0 Å². The summed E-state index contributed by atoms with van der Waals surface area (Å²) in [5, 5.41) is 3.60. The van der Waals surface area contributed by atoms with Gasteiger partial charge in [-0.05, 0) is 29.8 Å². The Hall–Kier alpha value is -1.72. The van der Waals surface area contributed by atoms with Gasteiger partial charge in [0.2, 0.25) is 11.8 Å². The van der Waals surface area contributed by atoms with Crippen molar-refractivity contribution in [2.24, 2.45) is 0 Å². The van der Waals surface area contributed by atoms with Crippen LogP contribution in [0.25, 0.3) is 0 Å². The number of carbonyl (C=O) groups is 1. The second kappa shape index (κ2) is 8.66. The molecule has 0 aliphatic rings. The molecule has 2 aromatic rings. The topological polar surface area (TPSA) is 51.2 Å². The van der Waals surface area contributed by atoms with E-state index in [1.807, 2.05) is 30.3 Å². The number of hydrogen-bond donors (Lipinski definition) is 1. The van der Waals surface area contributed by atoms with Crippen LogP contribution in [0.4, 0.5) is 0 Å². The van der Waals surface area contributed by atoms with E-state index in [2.05, 4.69) is 10.3 Å². The first-order chi connectivity index (χ1) is 10.7. The Morgan fingerprint density at radius 2 is 2.05 bits per heavy atom. The van der Waals surface area contributed by atoms with Crippen LogP contribution in [0, 0.1) is 0 Å². The molecule has 0 bridgehead atoms. The number of benzene rings is 1. The first-order valence-electron chi connectivity index (χ1n) is 6.81. The van der Waals surface area contributed by atoms with Gasteiger partial charge in [-0.25, -0.2) is 4.98 Å². The van der Waals surface area contributed by atoms with Crippen LogP contribution in [-0.2, 0) is 11.3 Å². The quantitative estimate of drug-likeness (QED) is 0.786. The number of carbonyl (C=O) groups excluding carboxylic acids is 1. The second-order valence-electron chi connectivity index (χ2n) is 4.54. The summed E-state index contributed by atoms with van der Waals surface area (Å²) >= 11 is 7.46. The Balaban J connectivity index is 1.68. The summed E-state index contributed by atoms with van der Waals surface area (Å²) in [4.78, 5) is 17.0. The molecular formula is C16H17ClN2O2S. The van der Waals surface area contributed by atoms with Crippen LogP contribution in [0.2, 0.25) is 5.02 Å². The van der Waals surface area contributed by atoms with E-state index in [4.69, 9.17) is 16.3 Å². The number of rotatable bonds is 7. The highest BCUT2D eigenvalue weighted by molar-refractivity contribution is 7.99. The smallest absolute Gasteiger partial charge is 0.221 e. The highest BCUT2D eigenvalue weighted by Crippen LogP contribution is 2.20. The third-order valence-electron chi connectivity index (χ3n) is 2.91. The zero-order valence-corrected chi connectivity index (χ0v) is 13.8. The Labute approximate surface area is 139 Å². The van der Waals surface area contributed by atoms with E-state index in [1.165, 1.54) is 0 Å². The first-order valence-corrected chi connectivity index (χ1v) is 8.18. The van der Waals surface area contributed by atoms with Crippen LogP contribution >= 0.6 is 23.4 Å². The number of thioether (sulfide) groups is 1. The Morgan fingerprint density at radius 3 is 2.68 bits per heavy atom. The number of methoxy groups -OCH3 is 1. The molecule has 1 heterocycles. The predicted molar refractivity (Wildman–Crippen MR) is 89.4 cm³/mol. The van der Waals surface area contributed by atoms with E-state index in [0.717, 1.165) is 21.2 Å². The highest BCUT2D eigenvalue weighted by atomic mass is 35.5. The van der Waals surface area contributed by atoms with Crippen molar-refractivity contribution in [3.63, 3.8) is 0 Å². The molecular weight excluding hydrogens is 320 g/mol. The fraction of sp³-hybridized carbons (Fsp3) is 0.250. The van der Waals surface area contributed by atoms with Crippen molar-refractivity contribution < 1.29 is 9.53 Å². The standard InChI is InChI=1S/C16H17ClN2O2S/c1-21-16-7-2-12(11-19-16)10-18-15(20)8-9-22-14-5-3-13(17)4-6-14/h2-7,11H,8-10H2,1H3,(H,18,20). The van der Waals surface area contributed by atoms with Crippen LogP contribution in [0.1, 0.15) is 12.0 Å². The molecule has 0 saturated carbocycles. The maximum atomic E-state index is 11.8. The minimum Gasteiger partial charge on any atom is -0.481 e. The van der Waals surface area contributed by atoms with E-state index in [1.54, 1.807) is 31.1 Å². The lowest BCUT2D eigenvalue weighted by molar-refractivity contribution is -0.120. The molecule has 1 aromatic carbocycles. The summed E-state index contributed by atoms with van der Waals surface area (Å²) in [7, 11) is 1.57. The minimum absolute atomic E-state index is 0.0253. The number of aromatic nitrogens is 1. The van der Waals surface area contributed by atoms with Gasteiger partial charge in [0, 0.05) is 40.9 Å². The van der Waals surface area contributed by atoms with Gasteiger partial charge in [0.1, 0.15) is 0 Å². The van der Waals surface area contributed by atoms with Crippen molar-refractivity contribution in [1.29, 1.82) is 0 Å². The van der Waals surface area contributed by atoms with Gasteiger partial charge in [-0.3, -0.25) is 4.79 Å². The van der Waals surface area contributed by atoms with E-state index < -0.39 is 0 Å². The fourth-order valence-corrected chi connectivity index (χ4v) is 2.70. The van der Waals surface area contributed by atoms with Crippen molar-refractivity contribution >= 4 is 29.3 Å². The van der Waals surface area contributed by atoms with Crippen LogP contribution in [0.3, 0.4) is 0 Å². The van der Waals surface area contributed by atoms with Crippen LogP contribution in [0.5, 0.6) is 5.88 Å². The zero-order valence-electron chi connectivity index (χ0n) is 12.2. The fourth-order valence-electron chi connectivity index (χ4n) is 1.72. The number of nitrogens with zero attached hydrogens (tertiary/aromatic N) is 1. The summed E-state index contributed by atoms with van der Waals surface area (Å²) in [6, 6.07) is 11.3. The molecule has 0 aliphatic carbocycles. The number of pyridine rings is 1. The van der Waals surface area contributed by atoms with Gasteiger partial charge in [0.25, 0.3) is 0 Å². The highest BCUT2D eigenvalue weighted by Gasteiger charge is 2.03. The average molecular weight is 337 g/mol. The SMILES string of the molecule is COc1ccc(CNC(=O)CCSc2ccc(Cl)cc2)cn1. The van der Waals surface area contributed by atoms with Crippen LogP contribution < -0.4 is 10.1 Å². The number of ether oxygens (including phenoxy) is 1. The molecule has 0 radical (unpaired) electrons. The monoisotopic (exact) mass is 336 g/mol. The van der Waals surface area contributed by atoms with E-state index in [9.17, 15) is 4.79 Å². The summed E-state index contributed by atoms with van der Waals surface area (Å²) in [6.07, 6.45) is 2.17. The summed E-state index contributed by atoms with van der Waals surface area (Å²) < 4.78 is 4.99. The molecule has 6 heteroatoms. The molecule has 1 N–H and O–H groups in total. The summed E-state index contributed by atoms with van der Waals surface area (Å²) in [6.45, 7) is 0.474. The molecule has 22 heavy (non-hydrogen) atoms. The van der Waals surface area contributed by atoms with E-state index in [0.29, 0.717) is 18.8 Å². The van der Waals surface area contributed by atoms with E-state index in [-0.39, 0.29) is 5.91 Å². The number of amides is 1. The first kappa shape index (κ1) is 16.6. The van der Waals surface area contributed by atoms with Crippen molar-refractivity contribution in [2.75, 3.05) is 12.9 Å². The number of hydrogen-bond acceptors (Lipinski definition) is 4. The predicted octanol–water partition coefficient (Wildman–Crippen LogP) is 3.54. The molecule has 0 fully saturated rings. The minimum atomic E-state index is 0.0253. The molecule has 0 unspecified atom stereocenters. The van der Waals surface area contributed by atoms with Crippen molar-refractivity contribution in [1.82, 2.24) is 10.3 Å². The van der Waals surface area contributed by atoms with Gasteiger partial charge in [0.15, 0.2) is 0 Å². The molecule has 1 aromatic heterocycles. The molecule has 116 valence electrons. The third kappa shape index (κ3) is 5.58. The largest absolute Gasteiger partial charge is 0.481 e. The molecule has 0 spiro atoms. The molecule has 0 saturated heterocycles. The second-order valence-corrected chi connectivity index (χ2v) is 6.14. The maximum absolute atomic E-state index is 11.8. The molecule has 0 aliphatic heterocycles.